The third kappa shape index (κ3) is 2.53. The summed E-state index contributed by atoms with van der Waals surface area (Å²) < 4.78 is 5.66. The number of rotatable bonds is 2. The van der Waals surface area contributed by atoms with Crippen LogP contribution in [0.25, 0.3) is 10.6 Å². The van der Waals surface area contributed by atoms with E-state index in [1.165, 1.54) is 6.92 Å². The molecule has 1 aliphatic rings. The summed E-state index contributed by atoms with van der Waals surface area (Å²) in [5.74, 6) is -0.629. The van der Waals surface area contributed by atoms with Crippen LogP contribution in [0.15, 0.2) is 18.2 Å². The largest absolute Gasteiger partial charge is 0.490 e. The molecule has 1 aromatic heterocycles. The van der Waals surface area contributed by atoms with Crippen LogP contribution in [-0.4, -0.2) is 35.1 Å². The van der Waals surface area contributed by atoms with Gasteiger partial charge < -0.3 is 14.7 Å². The number of thiazole rings is 1. The van der Waals surface area contributed by atoms with Crippen molar-refractivity contribution in [3.05, 3.63) is 28.2 Å². The van der Waals surface area contributed by atoms with Crippen LogP contribution in [0.3, 0.4) is 0 Å². The minimum Gasteiger partial charge on any atom is -0.490 e. The third-order valence-corrected chi connectivity index (χ3v) is 4.54. The first-order chi connectivity index (χ1) is 10.5. The summed E-state index contributed by atoms with van der Waals surface area (Å²) in [7, 11) is 0. The number of hydrogen-bond acceptors (Lipinski definition) is 5. The van der Waals surface area contributed by atoms with Crippen molar-refractivity contribution in [3.8, 4) is 16.3 Å². The lowest BCUT2D eigenvalue weighted by Gasteiger charge is -2.28. The van der Waals surface area contributed by atoms with E-state index < -0.39 is 5.97 Å². The molecule has 22 heavy (non-hydrogen) atoms. The minimum atomic E-state index is -1.17. The molecule has 0 atom stereocenters. The molecule has 6 nitrogen and oxygen atoms in total. The molecule has 0 fully saturated rings. The number of amides is 1. The molecule has 0 unspecified atom stereocenters. The summed E-state index contributed by atoms with van der Waals surface area (Å²) >= 11 is 6.98. The Bertz CT molecular complexity index is 774. The number of carbonyl (C=O) groups is 2. The van der Waals surface area contributed by atoms with Crippen LogP contribution in [0.5, 0.6) is 5.75 Å². The molecule has 3 rings (SSSR count). The standard InChI is InChI=1S/C14H11ClN2O4S/c1-7(18)17-4-5-21-10-3-2-8(6-9(10)17)13-16-11(14(19)20)12(15)22-13/h2-3,6H,4-5H2,1H3,(H,19,20). The molecule has 0 spiro atoms. The summed E-state index contributed by atoms with van der Waals surface area (Å²) in [5, 5.41) is 9.51. The number of benzene rings is 1. The zero-order chi connectivity index (χ0) is 15.9. The van der Waals surface area contributed by atoms with Gasteiger partial charge in [-0.15, -0.1) is 11.3 Å². The first kappa shape index (κ1) is 14.8. The SMILES string of the molecule is CC(=O)N1CCOc2ccc(-c3nc(C(=O)O)c(Cl)s3)cc21. The lowest BCUT2D eigenvalue weighted by molar-refractivity contribution is -0.116. The highest BCUT2D eigenvalue weighted by Crippen LogP contribution is 2.38. The highest BCUT2D eigenvalue weighted by Gasteiger charge is 2.23. The summed E-state index contributed by atoms with van der Waals surface area (Å²) in [6, 6.07) is 5.27. The number of aromatic carboxylic acids is 1. The first-order valence-corrected chi connectivity index (χ1v) is 7.62. The molecular weight excluding hydrogens is 328 g/mol. The number of carboxylic acids is 1. The molecule has 114 valence electrons. The van der Waals surface area contributed by atoms with Crippen molar-refractivity contribution in [2.45, 2.75) is 6.92 Å². The monoisotopic (exact) mass is 338 g/mol. The maximum absolute atomic E-state index is 11.7. The van der Waals surface area contributed by atoms with Crippen molar-refractivity contribution in [3.63, 3.8) is 0 Å². The average Bonchev–Trinajstić information content (AvgIpc) is 2.88. The third-order valence-electron chi connectivity index (χ3n) is 3.24. The van der Waals surface area contributed by atoms with E-state index in [1.54, 1.807) is 23.1 Å². The number of carbonyl (C=O) groups excluding carboxylic acids is 1. The van der Waals surface area contributed by atoms with Crippen LogP contribution < -0.4 is 9.64 Å². The smallest absolute Gasteiger partial charge is 0.356 e. The van der Waals surface area contributed by atoms with Gasteiger partial charge in [0, 0.05) is 12.5 Å². The molecule has 0 saturated carbocycles. The van der Waals surface area contributed by atoms with Crippen LogP contribution in [-0.2, 0) is 4.79 Å². The van der Waals surface area contributed by atoms with Gasteiger partial charge in [0.1, 0.15) is 21.7 Å². The number of fused-ring (bicyclic) bond motifs is 1. The molecule has 0 saturated heterocycles. The molecule has 1 amide bonds. The lowest BCUT2D eigenvalue weighted by atomic mass is 10.1. The van der Waals surface area contributed by atoms with E-state index in [-0.39, 0.29) is 15.9 Å². The fourth-order valence-corrected chi connectivity index (χ4v) is 3.36. The van der Waals surface area contributed by atoms with E-state index in [9.17, 15) is 9.59 Å². The van der Waals surface area contributed by atoms with Gasteiger partial charge >= 0.3 is 5.97 Å². The molecule has 0 radical (unpaired) electrons. The quantitative estimate of drug-likeness (QED) is 0.910. The molecule has 1 N–H and O–H groups in total. The van der Waals surface area contributed by atoms with Crippen molar-refractivity contribution >= 4 is 40.5 Å². The van der Waals surface area contributed by atoms with Gasteiger partial charge in [0.2, 0.25) is 5.91 Å². The topological polar surface area (TPSA) is 79.7 Å². The molecule has 0 bridgehead atoms. The predicted molar refractivity (Wildman–Crippen MR) is 83.0 cm³/mol. The van der Waals surface area contributed by atoms with E-state index in [0.717, 1.165) is 11.3 Å². The second kappa shape index (κ2) is 5.58. The maximum Gasteiger partial charge on any atom is 0.356 e. The lowest BCUT2D eigenvalue weighted by Crippen LogP contribution is -2.36. The molecule has 1 aromatic carbocycles. The Hall–Kier alpha value is -2.12. The number of carboxylic acid groups (broad SMARTS) is 1. The fraction of sp³-hybridized carbons (Fsp3) is 0.214. The fourth-order valence-electron chi connectivity index (χ4n) is 2.23. The van der Waals surface area contributed by atoms with Gasteiger partial charge in [-0.05, 0) is 18.2 Å². The normalized spacial score (nSPS) is 13.5. The van der Waals surface area contributed by atoms with E-state index in [1.807, 2.05) is 0 Å². The van der Waals surface area contributed by atoms with Crippen LogP contribution in [0.4, 0.5) is 5.69 Å². The second-order valence-corrected chi connectivity index (χ2v) is 6.25. The van der Waals surface area contributed by atoms with E-state index in [2.05, 4.69) is 4.98 Å². The summed E-state index contributed by atoms with van der Waals surface area (Å²) in [6.07, 6.45) is 0. The van der Waals surface area contributed by atoms with Crippen LogP contribution >= 0.6 is 22.9 Å². The number of ether oxygens (including phenoxy) is 1. The Balaban J connectivity index is 2.06. The van der Waals surface area contributed by atoms with Gasteiger partial charge in [-0.2, -0.15) is 0 Å². The van der Waals surface area contributed by atoms with Crippen molar-refractivity contribution in [1.29, 1.82) is 0 Å². The van der Waals surface area contributed by atoms with Gasteiger partial charge in [0.15, 0.2) is 5.69 Å². The van der Waals surface area contributed by atoms with E-state index >= 15 is 0 Å². The van der Waals surface area contributed by atoms with Crippen molar-refractivity contribution in [1.82, 2.24) is 4.98 Å². The minimum absolute atomic E-state index is 0.0786. The Labute approximate surface area is 134 Å². The molecule has 2 heterocycles. The summed E-state index contributed by atoms with van der Waals surface area (Å²) in [4.78, 5) is 28.4. The molecular formula is C14H11ClN2O4S. The van der Waals surface area contributed by atoms with Crippen molar-refractivity contribution < 1.29 is 19.4 Å². The summed E-state index contributed by atoms with van der Waals surface area (Å²) in [6.45, 7) is 2.41. The molecule has 2 aromatic rings. The predicted octanol–water partition coefficient (Wildman–Crippen LogP) is 2.91. The van der Waals surface area contributed by atoms with Crippen molar-refractivity contribution in [2.24, 2.45) is 0 Å². The van der Waals surface area contributed by atoms with E-state index in [4.69, 9.17) is 21.4 Å². The highest BCUT2D eigenvalue weighted by atomic mass is 35.5. The number of hydrogen-bond donors (Lipinski definition) is 1. The van der Waals surface area contributed by atoms with E-state index in [0.29, 0.717) is 35.2 Å². The van der Waals surface area contributed by atoms with Gasteiger partial charge in [0.25, 0.3) is 0 Å². The van der Waals surface area contributed by atoms with Gasteiger partial charge in [0.05, 0.1) is 12.2 Å². The number of anilines is 1. The molecule has 1 aliphatic heterocycles. The highest BCUT2D eigenvalue weighted by molar-refractivity contribution is 7.19. The number of nitrogens with zero attached hydrogens (tertiary/aromatic N) is 2. The van der Waals surface area contributed by atoms with Gasteiger partial charge in [-0.3, -0.25) is 4.79 Å². The maximum atomic E-state index is 11.7. The summed E-state index contributed by atoms with van der Waals surface area (Å²) in [5.41, 5.74) is 1.17. The Morgan fingerprint density at radius 1 is 1.45 bits per heavy atom. The zero-order valence-electron chi connectivity index (χ0n) is 11.5. The Morgan fingerprint density at radius 3 is 2.86 bits per heavy atom. The first-order valence-electron chi connectivity index (χ1n) is 6.42. The second-order valence-electron chi connectivity index (χ2n) is 4.65. The Kier molecular flexibility index (Phi) is 3.76. The Morgan fingerprint density at radius 2 is 2.23 bits per heavy atom. The van der Waals surface area contributed by atoms with Crippen LogP contribution in [0.1, 0.15) is 17.4 Å². The van der Waals surface area contributed by atoms with Crippen LogP contribution in [0, 0.1) is 0 Å². The van der Waals surface area contributed by atoms with Gasteiger partial charge in [-0.25, -0.2) is 9.78 Å². The average molecular weight is 339 g/mol. The van der Waals surface area contributed by atoms with Crippen LogP contribution in [0.2, 0.25) is 4.34 Å². The number of aromatic nitrogens is 1. The van der Waals surface area contributed by atoms with Gasteiger partial charge in [-0.1, -0.05) is 11.6 Å². The zero-order valence-corrected chi connectivity index (χ0v) is 13.1. The molecule has 8 heteroatoms. The number of halogens is 1. The molecule has 0 aliphatic carbocycles. The van der Waals surface area contributed by atoms with Crippen molar-refractivity contribution in [2.75, 3.05) is 18.1 Å².